The molecule has 0 amide bonds. The van der Waals surface area contributed by atoms with Gasteiger partial charge in [-0.3, -0.25) is 9.89 Å². The summed E-state index contributed by atoms with van der Waals surface area (Å²) in [5.41, 5.74) is 0. The summed E-state index contributed by atoms with van der Waals surface area (Å²) < 4.78 is 0.691. The molecule has 2 unspecified atom stereocenters. The number of aliphatic hydroxyl groups excluding tert-OH is 1. The van der Waals surface area contributed by atoms with Crippen LogP contribution in [0.15, 0.2) is 17.1 Å². The molecule has 0 radical (unpaired) electrons. The monoisotopic (exact) mass is 486 g/mol. The number of aliphatic hydroxyl groups is 1. The van der Waals surface area contributed by atoms with E-state index in [0.29, 0.717) is 16.9 Å². The molecular weight excluding hydrogens is 459 g/mol. The molecule has 0 aliphatic heterocycles. The number of nitrogens with zero attached hydrogens (tertiary/aromatic N) is 2. The van der Waals surface area contributed by atoms with Crippen molar-refractivity contribution in [2.24, 2.45) is 4.99 Å². The lowest BCUT2D eigenvalue weighted by molar-refractivity contribution is 0.184. The summed E-state index contributed by atoms with van der Waals surface area (Å²) in [6.45, 7) is 6.18. The summed E-state index contributed by atoms with van der Waals surface area (Å²) in [4.78, 5) is 7.89. The number of guanidine groups is 1. The second-order valence-electron chi connectivity index (χ2n) is 6.00. The van der Waals surface area contributed by atoms with E-state index in [-0.39, 0.29) is 24.0 Å². The molecule has 1 aromatic rings. The third-order valence-electron chi connectivity index (χ3n) is 4.06. The van der Waals surface area contributed by atoms with E-state index >= 15 is 0 Å². The lowest BCUT2D eigenvalue weighted by atomic mass is 10.3. The van der Waals surface area contributed by atoms with E-state index in [0.717, 1.165) is 30.0 Å². The van der Waals surface area contributed by atoms with Gasteiger partial charge in [0.2, 0.25) is 0 Å². The molecule has 2 atom stereocenters. The summed E-state index contributed by atoms with van der Waals surface area (Å²) in [7, 11) is 2.17. The SMILES string of the molecule is CCNC(=NCC(C)N(C)C1CC1)NCC(O)c1ccc(Cl)s1.I. The van der Waals surface area contributed by atoms with Gasteiger partial charge in [0.15, 0.2) is 5.96 Å². The summed E-state index contributed by atoms with van der Waals surface area (Å²) in [6.07, 6.45) is 2.03. The van der Waals surface area contributed by atoms with Crippen LogP contribution in [0.2, 0.25) is 4.34 Å². The summed E-state index contributed by atoms with van der Waals surface area (Å²) in [5, 5.41) is 16.6. The highest BCUT2D eigenvalue weighted by Gasteiger charge is 2.28. The molecule has 0 bridgehead atoms. The molecule has 1 saturated carbocycles. The van der Waals surface area contributed by atoms with Gasteiger partial charge in [-0.1, -0.05) is 11.6 Å². The van der Waals surface area contributed by atoms with Crippen LogP contribution in [0.25, 0.3) is 0 Å². The Labute approximate surface area is 170 Å². The normalized spacial score (nSPS) is 17.3. The van der Waals surface area contributed by atoms with Crippen molar-refractivity contribution in [3.8, 4) is 0 Å². The van der Waals surface area contributed by atoms with Crippen LogP contribution in [0.3, 0.4) is 0 Å². The Morgan fingerprint density at radius 2 is 2.17 bits per heavy atom. The van der Waals surface area contributed by atoms with Crippen molar-refractivity contribution in [1.29, 1.82) is 0 Å². The number of thiophene rings is 1. The minimum absolute atomic E-state index is 0. The van der Waals surface area contributed by atoms with E-state index in [1.54, 1.807) is 6.07 Å². The van der Waals surface area contributed by atoms with Crippen LogP contribution >= 0.6 is 46.9 Å². The Morgan fingerprint density at radius 3 is 2.71 bits per heavy atom. The van der Waals surface area contributed by atoms with E-state index in [1.807, 2.05) is 13.0 Å². The fourth-order valence-electron chi connectivity index (χ4n) is 2.34. The van der Waals surface area contributed by atoms with Crippen LogP contribution in [-0.4, -0.2) is 54.7 Å². The minimum atomic E-state index is -0.581. The number of nitrogens with one attached hydrogen (secondary N) is 2. The quantitative estimate of drug-likeness (QED) is 0.300. The zero-order valence-corrected chi connectivity index (χ0v) is 18.4. The zero-order chi connectivity index (χ0) is 16.8. The van der Waals surface area contributed by atoms with Gasteiger partial charge in [0.25, 0.3) is 0 Å². The molecule has 138 valence electrons. The van der Waals surface area contributed by atoms with Crippen LogP contribution in [-0.2, 0) is 0 Å². The number of hydrogen-bond acceptors (Lipinski definition) is 4. The average Bonchev–Trinajstić information content (AvgIpc) is 3.29. The number of halogens is 2. The van der Waals surface area contributed by atoms with Crippen molar-refractivity contribution in [2.75, 3.05) is 26.7 Å². The molecule has 0 spiro atoms. The van der Waals surface area contributed by atoms with E-state index in [9.17, 15) is 5.11 Å². The average molecular weight is 487 g/mol. The van der Waals surface area contributed by atoms with Gasteiger partial charge in [0, 0.05) is 30.1 Å². The van der Waals surface area contributed by atoms with Crippen molar-refractivity contribution in [1.82, 2.24) is 15.5 Å². The number of rotatable bonds is 8. The van der Waals surface area contributed by atoms with Crippen molar-refractivity contribution in [3.63, 3.8) is 0 Å². The maximum atomic E-state index is 10.2. The molecule has 0 saturated heterocycles. The van der Waals surface area contributed by atoms with Crippen molar-refractivity contribution in [2.45, 2.75) is 44.9 Å². The Hall–Kier alpha value is -0.0900. The third-order valence-corrected chi connectivity index (χ3v) is 5.39. The van der Waals surface area contributed by atoms with E-state index in [4.69, 9.17) is 11.6 Å². The van der Waals surface area contributed by atoms with Crippen LogP contribution in [0.5, 0.6) is 0 Å². The first kappa shape index (κ1) is 22.0. The number of aliphatic imine (C=N–C) groups is 1. The lowest BCUT2D eigenvalue weighted by Gasteiger charge is -2.23. The molecule has 8 heteroatoms. The van der Waals surface area contributed by atoms with Crippen molar-refractivity contribution < 1.29 is 5.11 Å². The topological polar surface area (TPSA) is 59.9 Å². The molecule has 5 nitrogen and oxygen atoms in total. The molecule has 2 rings (SSSR count). The molecule has 0 aromatic carbocycles. The maximum Gasteiger partial charge on any atom is 0.191 e. The zero-order valence-electron chi connectivity index (χ0n) is 14.5. The smallest absolute Gasteiger partial charge is 0.191 e. The second kappa shape index (κ2) is 10.8. The van der Waals surface area contributed by atoms with Gasteiger partial charge < -0.3 is 15.7 Å². The van der Waals surface area contributed by atoms with E-state index in [1.165, 1.54) is 24.2 Å². The number of hydrogen-bond donors (Lipinski definition) is 3. The molecule has 1 aliphatic carbocycles. The molecule has 1 aromatic heterocycles. The maximum absolute atomic E-state index is 10.2. The van der Waals surface area contributed by atoms with Gasteiger partial charge in [-0.15, -0.1) is 35.3 Å². The van der Waals surface area contributed by atoms with Crippen LogP contribution in [0, 0.1) is 0 Å². The third kappa shape index (κ3) is 7.03. The lowest BCUT2D eigenvalue weighted by Crippen LogP contribution is -2.41. The Morgan fingerprint density at radius 1 is 1.46 bits per heavy atom. The first-order valence-corrected chi connectivity index (χ1v) is 9.38. The Balaban J connectivity index is 0.00000288. The fraction of sp³-hybridized carbons (Fsp3) is 0.688. The molecular formula is C16H28ClIN4OS. The minimum Gasteiger partial charge on any atom is -0.386 e. The van der Waals surface area contributed by atoms with Gasteiger partial charge in [-0.2, -0.15) is 0 Å². The predicted molar refractivity (Wildman–Crippen MR) is 114 cm³/mol. The Kier molecular flexibility index (Phi) is 9.88. The molecule has 1 heterocycles. The second-order valence-corrected chi connectivity index (χ2v) is 7.75. The highest BCUT2D eigenvalue weighted by atomic mass is 127. The van der Waals surface area contributed by atoms with Crippen molar-refractivity contribution in [3.05, 3.63) is 21.3 Å². The summed E-state index contributed by atoms with van der Waals surface area (Å²) in [6, 6.07) is 4.82. The fourth-order valence-corrected chi connectivity index (χ4v) is 3.38. The van der Waals surface area contributed by atoms with Gasteiger partial charge in [0.05, 0.1) is 10.9 Å². The van der Waals surface area contributed by atoms with Gasteiger partial charge >= 0.3 is 0 Å². The van der Waals surface area contributed by atoms with E-state index < -0.39 is 6.10 Å². The first-order valence-electron chi connectivity index (χ1n) is 8.18. The van der Waals surface area contributed by atoms with Crippen LogP contribution < -0.4 is 10.6 Å². The largest absolute Gasteiger partial charge is 0.386 e. The van der Waals surface area contributed by atoms with Gasteiger partial charge in [-0.25, -0.2) is 0 Å². The molecule has 3 N–H and O–H groups in total. The summed E-state index contributed by atoms with van der Waals surface area (Å²) in [5.74, 6) is 0.741. The van der Waals surface area contributed by atoms with Gasteiger partial charge in [0.1, 0.15) is 6.10 Å². The van der Waals surface area contributed by atoms with E-state index in [2.05, 4.69) is 34.5 Å². The Bertz CT molecular complexity index is 524. The number of likely N-dealkylation sites (N-methyl/N-ethyl adjacent to an activating group) is 1. The van der Waals surface area contributed by atoms with Crippen LogP contribution in [0.4, 0.5) is 0 Å². The predicted octanol–water partition coefficient (Wildman–Crippen LogP) is 3.09. The van der Waals surface area contributed by atoms with Crippen LogP contribution in [0.1, 0.15) is 37.7 Å². The molecule has 1 aliphatic rings. The standard InChI is InChI=1S/C16H27ClN4OS.HI/c1-4-18-16(19-9-11(2)21(3)12-5-6-12)20-10-13(22)14-7-8-15(17)23-14;/h7-8,11-13,22H,4-6,9-10H2,1-3H3,(H2,18,19,20);1H. The van der Waals surface area contributed by atoms with Crippen molar-refractivity contribution >= 4 is 52.9 Å². The highest BCUT2D eigenvalue weighted by molar-refractivity contribution is 14.0. The summed E-state index contributed by atoms with van der Waals surface area (Å²) >= 11 is 7.31. The van der Waals surface area contributed by atoms with Gasteiger partial charge in [-0.05, 0) is 45.9 Å². The highest BCUT2D eigenvalue weighted by Crippen LogP contribution is 2.27. The molecule has 1 fully saturated rings. The first-order chi connectivity index (χ1) is 11.0. The molecule has 24 heavy (non-hydrogen) atoms.